The third kappa shape index (κ3) is 6.19. The van der Waals surface area contributed by atoms with E-state index in [9.17, 15) is 5.11 Å². The van der Waals surface area contributed by atoms with Crippen molar-refractivity contribution in [3.63, 3.8) is 0 Å². The third-order valence-corrected chi connectivity index (χ3v) is 6.75. The molecule has 0 amide bonds. The van der Waals surface area contributed by atoms with Crippen molar-refractivity contribution in [2.24, 2.45) is 0 Å². The number of unbranched alkanes of at least 4 members (excludes halogenated alkanes) is 6. The van der Waals surface area contributed by atoms with Gasteiger partial charge >= 0.3 is 0 Å². The molecule has 0 spiro atoms. The van der Waals surface area contributed by atoms with Gasteiger partial charge in [0.1, 0.15) is 0 Å². The molecule has 1 aromatic carbocycles. The number of aliphatic hydroxyl groups is 1. The maximum Gasteiger partial charge on any atom is 0.0677 e. The maximum atomic E-state index is 11.3. The van der Waals surface area contributed by atoms with Crippen molar-refractivity contribution in [3.05, 3.63) is 48.6 Å². The normalized spacial score (nSPS) is 28.2. The molecule has 150 valence electrons. The fourth-order valence-electron chi connectivity index (χ4n) is 5.32. The number of rotatable bonds is 11. The van der Waals surface area contributed by atoms with E-state index in [1.165, 1.54) is 63.4 Å². The van der Waals surface area contributed by atoms with Gasteiger partial charge in [-0.15, -0.1) is 6.58 Å². The Morgan fingerprint density at radius 1 is 0.963 bits per heavy atom. The second-order valence-corrected chi connectivity index (χ2v) is 8.98. The predicted molar refractivity (Wildman–Crippen MR) is 115 cm³/mol. The van der Waals surface area contributed by atoms with Gasteiger partial charge in [0.2, 0.25) is 0 Å². The molecule has 0 radical (unpaired) electrons. The molecule has 1 aromatic rings. The van der Waals surface area contributed by atoms with Gasteiger partial charge in [-0.2, -0.15) is 0 Å². The van der Waals surface area contributed by atoms with Crippen LogP contribution in [0.25, 0.3) is 0 Å². The molecule has 2 aliphatic heterocycles. The lowest BCUT2D eigenvalue weighted by Gasteiger charge is -2.52. The van der Waals surface area contributed by atoms with Crippen LogP contribution in [0, 0.1) is 0 Å². The van der Waals surface area contributed by atoms with E-state index in [-0.39, 0.29) is 0 Å². The Balaban J connectivity index is 1.43. The first-order chi connectivity index (χ1) is 13.2. The summed E-state index contributed by atoms with van der Waals surface area (Å²) in [6, 6.07) is 12.0. The van der Waals surface area contributed by atoms with E-state index in [4.69, 9.17) is 0 Å². The Labute approximate surface area is 166 Å². The molecule has 27 heavy (non-hydrogen) atoms. The number of hydrogen-bond acceptors (Lipinski definition) is 2. The summed E-state index contributed by atoms with van der Waals surface area (Å²) in [6.45, 7) is 4.84. The third-order valence-electron chi connectivity index (χ3n) is 6.75. The minimum atomic E-state index is -0.411. The Kier molecular flexibility index (Phi) is 7.96. The van der Waals surface area contributed by atoms with Gasteiger partial charge in [-0.25, -0.2) is 0 Å². The maximum absolute atomic E-state index is 11.3. The van der Waals surface area contributed by atoms with Crippen molar-refractivity contribution >= 4 is 0 Å². The zero-order valence-electron chi connectivity index (χ0n) is 17.1. The van der Waals surface area contributed by atoms with Gasteiger partial charge in [0, 0.05) is 18.6 Å². The summed E-state index contributed by atoms with van der Waals surface area (Å²) < 4.78 is 0. The molecule has 2 fully saturated rings. The van der Waals surface area contributed by atoms with Crippen LogP contribution < -0.4 is 0 Å². The van der Waals surface area contributed by atoms with Gasteiger partial charge in [0.25, 0.3) is 0 Å². The second kappa shape index (κ2) is 10.4. The molecule has 2 aliphatic rings. The van der Waals surface area contributed by atoms with Gasteiger partial charge in [-0.1, -0.05) is 74.9 Å². The SMILES string of the molecule is C=CCCCCCCCCC1(O)CC2CCCC(C1)N2Cc1ccccc1. The predicted octanol–water partition coefficient (Wildman–Crippen LogP) is 6.24. The lowest BCUT2D eigenvalue weighted by atomic mass is 9.73. The Morgan fingerprint density at radius 2 is 1.59 bits per heavy atom. The first-order valence-corrected chi connectivity index (χ1v) is 11.3. The summed E-state index contributed by atoms with van der Waals surface area (Å²) in [5.41, 5.74) is 1.00. The molecule has 0 aliphatic carbocycles. The number of nitrogens with zero attached hydrogens (tertiary/aromatic N) is 1. The summed E-state index contributed by atoms with van der Waals surface area (Å²) in [6.07, 6.45) is 17.7. The Bertz CT molecular complexity index is 541. The highest BCUT2D eigenvalue weighted by molar-refractivity contribution is 5.15. The van der Waals surface area contributed by atoms with Crippen molar-refractivity contribution in [2.45, 2.75) is 108 Å². The number of hydrogen-bond donors (Lipinski definition) is 1. The van der Waals surface area contributed by atoms with E-state index < -0.39 is 5.60 Å². The fraction of sp³-hybridized carbons (Fsp3) is 0.680. The van der Waals surface area contributed by atoms with Crippen LogP contribution in [0.1, 0.15) is 89.0 Å². The Morgan fingerprint density at radius 3 is 2.26 bits per heavy atom. The zero-order valence-corrected chi connectivity index (χ0v) is 17.1. The smallest absolute Gasteiger partial charge is 0.0677 e. The van der Waals surface area contributed by atoms with Crippen LogP contribution in [0.15, 0.2) is 43.0 Å². The lowest BCUT2D eigenvalue weighted by Crippen LogP contribution is -2.57. The van der Waals surface area contributed by atoms with Gasteiger partial charge < -0.3 is 5.11 Å². The highest BCUT2D eigenvalue weighted by Gasteiger charge is 2.44. The van der Waals surface area contributed by atoms with Gasteiger partial charge in [0.15, 0.2) is 0 Å². The highest BCUT2D eigenvalue weighted by atomic mass is 16.3. The Hall–Kier alpha value is -1.12. The topological polar surface area (TPSA) is 23.5 Å². The van der Waals surface area contributed by atoms with E-state index in [0.717, 1.165) is 32.2 Å². The zero-order chi connectivity index (χ0) is 19.0. The molecule has 3 rings (SSSR count). The summed E-state index contributed by atoms with van der Waals surface area (Å²) in [7, 11) is 0. The quantitative estimate of drug-likeness (QED) is 0.368. The molecule has 2 bridgehead atoms. The average molecular weight is 370 g/mol. The standard InChI is InChI=1S/C25H39NO/c1-2-3-4-5-6-7-8-12-18-25(27)19-23-16-13-17-24(20-25)26(23)21-22-14-10-9-11-15-22/h2,9-11,14-15,23-24,27H,1,3-8,12-13,16-21H2. The monoisotopic (exact) mass is 369 g/mol. The van der Waals surface area contributed by atoms with E-state index >= 15 is 0 Å². The largest absolute Gasteiger partial charge is 0.390 e. The first kappa shape index (κ1) is 20.6. The average Bonchev–Trinajstić information content (AvgIpc) is 2.66. The highest BCUT2D eigenvalue weighted by Crippen LogP contribution is 2.42. The van der Waals surface area contributed by atoms with E-state index in [0.29, 0.717) is 12.1 Å². The molecule has 2 heterocycles. The summed E-state index contributed by atoms with van der Waals surface area (Å²) in [4.78, 5) is 2.70. The molecule has 0 saturated carbocycles. The lowest BCUT2D eigenvalue weighted by molar-refractivity contribution is -0.0999. The molecule has 2 heteroatoms. The minimum Gasteiger partial charge on any atom is -0.390 e. The summed E-state index contributed by atoms with van der Waals surface area (Å²) in [5, 5.41) is 11.3. The van der Waals surface area contributed by atoms with Crippen molar-refractivity contribution in [1.82, 2.24) is 4.90 Å². The molecular weight excluding hydrogens is 330 g/mol. The van der Waals surface area contributed by atoms with Gasteiger partial charge in [0.05, 0.1) is 5.60 Å². The van der Waals surface area contributed by atoms with Crippen LogP contribution in [0.2, 0.25) is 0 Å². The number of fused-ring (bicyclic) bond motifs is 2. The van der Waals surface area contributed by atoms with Crippen molar-refractivity contribution in [2.75, 3.05) is 0 Å². The van der Waals surface area contributed by atoms with Crippen LogP contribution in [0.5, 0.6) is 0 Å². The number of benzene rings is 1. The number of piperidine rings is 2. The fourth-order valence-corrected chi connectivity index (χ4v) is 5.32. The molecule has 2 nitrogen and oxygen atoms in total. The number of allylic oxidation sites excluding steroid dienone is 1. The first-order valence-electron chi connectivity index (χ1n) is 11.3. The van der Waals surface area contributed by atoms with E-state index in [1.807, 2.05) is 6.08 Å². The second-order valence-electron chi connectivity index (χ2n) is 8.98. The molecule has 0 aromatic heterocycles. The van der Waals surface area contributed by atoms with Crippen LogP contribution >= 0.6 is 0 Å². The van der Waals surface area contributed by atoms with Crippen LogP contribution in [-0.2, 0) is 6.54 Å². The van der Waals surface area contributed by atoms with Crippen LogP contribution in [0.3, 0.4) is 0 Å². The van der Waals surface area contributed by atoms with Crippen LogP contribution in [-0.4, -0.2) is 27.7 Å². The van der Waals surface area contributed by atoms with E-state index in [2.05, 4.69) is 41.8 Å². The molecule has 2 saturated heterocycles. The molecular formula is C25H39NO. The van der Waals surface area contributed by atoms with Gasteiger partial charge in [-0.05, 0) is 50.5 Å². The van der Waals surface area contributed by atoms with Crippen molar-refractivity contribution in [1.29, 1.82) is 0 Å². The molecule has 2 unspecified atom stereocenters. The van der Waals surface area contributed by atoms with Crippen molar-refractivity contribution < 1.29 is 5.11 Å². The molecule has 1 N–H and O–H groups in total. The van der Waals surface area contributed by atoms with Crippen molar-refractivity contribution in [3.8, 4) is 0 Å². The minimum absolute atomic E-state index is 0.411. The van der Waals surface area contributed by atoms with Gasteiger partial charge in [-0.3, -0.25) is 4.90 Å². The molecule has 2 atom stereocenters. The van der Waals surface area contributed by atoms with E-state index in [1.54, 1.807) is 0 Å². The summed E-state index contributed by atoms with van der Waals surface area (Å²) in [5.74, 6) is 0. The van der Waals surface area contributed by atoms with Crippen LogP contribution in [0.4, 0.5) is 0 Å². The summed E-state index contributed by atoms with van der Waals surface area (Å²) >= 11 is 0.